The minimum atomic E-state index is -1.12. The number of para-hydroxylation sites is 2. The number of benzene rings is 4. The summed E-state index contributed by atoms with van der Waals surface area (Å²) in [5, 5.41) is 19.5. The first-order chi connectivity index (χ1) is 17.5. The number of aliphatic carboxylic acids is 2. The Balaban J connectivity index is 1.64. The first-order valence-electron chi connectivity index (χ1n) is 10.8. The highest BCUT2D eigenvalue weighted by molar-refractivity contribution is 8.76. The van der Waals surface area contributed by atoms with Crippen molar-refractivity contribution in [3.05, 3.63) is 120 Å². The van der Waals surface area contributed by atoms with Crippen molar-refractivity contribution in [3.63, 3.8) is 0 Å². The number of carboxylic acid groups (broad SMARTS) is 2. The van der Waals surface area contributed by atoms with Crippen LogP contribution in [0.15, 0.2) is 129 Å². The van der Waals surface area contributed by atoms with E-state index in [-0.39, 0.29) is 11.4 Å². The largest absolute Gasteiger partial charge is 0.476 e. The molecule has 0 bridgehead atoms. The first-order valence-corrected chi connectivity index (χ1v) is 13.0. The summed E-state index contributed by atoms with van der Waals surface area (Å²) in [6.07, 6.45) is 0. The highest BCUT2D eigenvalue weighted by Gasteiger charge is 2.16. The fourth-order valence-corrected chi connectivity index (χ4v) is 5.46. The Labute approximate surface area is 215 Å². The molecule has 6 nitrogen and oxygen atoms in total. The Morgan fingerprint density at radius 3 is 1.19 bits per heavy atom. The average Bonchev–Trinajstić information content (AvgIpc) is 2.91. The zero-order chi connectivity index (χ0) is 25.3. The third-order valence-corrected chi connectivity index (χ3v) is 7.38. The Bertz CT molecular complexity index is 1330. The van der Waals surface area contributed by atoms with E-state index in [4.69, 9.17) is 0 Å². The van der Waals surface area contributed by atoms with E-state index >= 15 is 0 Å². The predicted molar refractivity (Wildman–Crippen MR) is 145 cm³/mol. The van der Waals surface area contributed by atoms with Gasteiger partial charge < -0.3 is 10.2 Å². The van der Waals surface area contributed by atoms with Crippen LogP contribution in [0.25, 0.3) is 0 Å². The molecular formula is C28H20N2O4S2. The minimum Gasteiger partial charge on any atom is -0.476 e. The van der Waals surface area contributed by atoms with Gasteiger partial charge in [0.25, 0.3) is 0 Å². The second-order valence-electron chi connectivity index (χ2n) is 7.37. The molecule has 0 radical (unpaired) electrons. The Hall–Kier alpha value is -4.14. The van der Waals surface area contributed by atoms with E-state index in [1.807, 2.05) is 36.4 Å². The van der Waals surface area contributed by atoms with Crippen molar-refractivity contribution in [3.8, 4) is 0 Å². The average molecular weight is 513 g/mol. The molecule has 2 N–H and O–H groups in total. The number of rotatable bonds is 9. The number of aliphatic imine (C=N–C) groups is 2. The lowest BCUT2D eigenvalue weighted by atomic mass is 10.1. The van der Waals surface area contributed by atoms with Gasteiger partial charge in [-0.2, -0.15) is 0 Å². The Morgan fingerprint density at radius 2 is 0.833 bits per heavy atom. The molecular weight excluding hydrogens is 492 g/mol. The van der Waals surface area contributed by atoms with Gasteiger partial charge in [0.05, 0.1) is 11.4 Å². The maximum absolute atomic E-state index is 11.9. The number of carbonyl (C=O) groups is 2. The molecule has 4 aromatic carbocycles. The van der Waals surface area contributed by atoms with Crippen LogP contribution in [0.1, 0.15) is 11.1 Å². The van der Waals surface area contributed by atoms with Crippen LogP contribution < -0.4 is 0 Å². The molecule has 8 heteroatoms. The van der Waals surface area contributed by atoms with Gasteiger partial charge in [-0.1, -0.05) is 107 Å². The number of hydrogen-bond acceptors (Lipinski definition) is 6. The number of carboxylic acids is 2. The van der Waals surface area contributed by atoms with Crippen LogP contribution in [0.4, 0.5) is 11.4 Å². The molecule has 178 valence electrons. The van der Waals surface area contributed by atoms with Gasteiger partial charge in [-0.15, -0.1) is 0 Å². The zero-order valence-electron chi connectivity index (χ0n) is 18.8. The van der Waals surface area contributed by atoms with Crippen molar-refractivity contribution in [1.82, 2.24) is 0 Å². The minimum absolute atomic E-state index is 0.0485. The summed E-state index contributed by atoms with van der Waals surface area (Å²) in [7, 11) is 2.79. The molecule has 0 amide bonds. The van der Waals surface area contributed by atoms with Crippen LogP contribution in [-0.2, 0) is 9.59 Å². The van der Waals surface area contributed by atoms with Gasteiger partial charge in [-0.05, 0) is 24.3 Å². The molecule has 4 aromatic rings. The van der Waals surface area contributed by atoms with Crippen LogP contribution >= 0.6 is 21.6 Å². The monoisotopic (exact) mass is 512 g/mol. The predicted octanol–water partition coefficient (Wildman–Crippen LogP) is 6.90. The fourth-order valence-electron chi connectivity index (χ4n) is 3.23. The van der Waals surface area contributed by atoms with E-state index in [9.17, 15) is 19.8 Å². The molecule has 0 saturated heterocycles. The standard InChI is InChI=1S/C28H20N2O4S2/c31-27(32)25(19-11-3-1-4-12-19)29-21-15-7-9-17-23(21)35-36-24-18-10-8-16-22(24)30-26(28(33)34)20-13-5-2-6-14-20/h1-18H,(H,31,32)(H,33,34). The van der Waals surface area contributed by atoms with Gasteiger partial charge >= 0.3 is 11.9 Å². The van der Waals surface area contributed by atoms with Crippen molar-refractivity contribution in [2.45, 2.75) is 9.79 Å². The van der Waals surface area contributed by atoms with E-state index in [2.05, 4.69) is 9.98 Å². The van der Waals surface area contributed by atoms with Crippen molar-refractivity contribution in [2.24, 2.45) is 9.98 Å². The lowest BCUT2D eigenvalue weighted by Crippen LogP contribution is -2.14. The van der Waals surface area contributed by atoms with Gasteiger partial charge in [-0.3, -0.25) is 0 Å². The van der Waals surface area contributed by atoms with Gasteiger partial charge in [-0.25, -0.2) is 19.6 Å². The summed E-state index contributed by atoms with van der Waals surface area (Å²) < 4.78 is 0. The lowest BCUT2D eigenvalue weighted by molar-refractivity contribution is -0.130. The van der Waals surface area contributed by atoms with E-state index in [1.165, 1.54) is 21.6 Å². The van der Waals surface area contributed by atoms with Crippen molar-refractivity contribution in [2.75, 3.05) is 0 Å². The SMILES string of the molecule is O=C(O)C(=Nc1ccccc1SSc1ccccc1N=C(C(=O)O)c1ccccc1)c1ccccc1. The molecule has 0 atom stereocenters. The highest BCUT2D eigenvalue weighted by atomic mass is 33.1. The van der Waals surface area contributed by atoms with Crippen LogP contribution in [-0.4, -0.2) is 33.6 Å². The highest BCUT2D eigenvalue weighted by Crippen LogP contribution is 2.45. The van der Waals surface area contributed by atoms with Crippen LogP contribution in [0.3, 0.4) is 0 Å². The first kappa shape index (κ1) is 25.0. The normalized spacial score (nSPS) is 11.8. The summed E-state index contributed by atoms with van der Waals surface area (Å²) in [4.78, 5) is 34.2. The van der Waals surface area contributed by atoms with E-state index in [1.54, 1.807) is 72.8 Å². The summed E-state index contributed by atoms with van der Waals surface area (Å²) in [6, 6.07) is 32.1. The maximum atomic E-state index is 11.9. The van der Waals surface area contributed by atoms with Crippen LogP contribution in [0.2, 0.25) is 0 Å². The molecule has 0 spiro atoms. The molecule has 0 aliphatic heterocycles. The van der Waals surface area contributed by atoms with Crippen LogP contribution in [0.5, 0.6) is 0 Å². The fraction of sp³-hybridized carbons (Fsp3) is 0. The van der Waals surface area contributed by atoms with Gasteiger partial charge in [0.15, 0.2) is 11.4 Å². The zero-order valence-corrected chi connectivity index (χ0v) is 20.4. The maximum Gasteiger partial charge on any atom is 0.355 e. The summed E-state index contributed by atoms with van der Waals surface area (Å²) in [6.45, 7) is 0. The molecule has 0 aromatic heterocycles. The second-order valence-corrected chi connectivity index (χ2v) is 9.58. The quantitative estimate of drug-likeness (QED) is 0.187. The van der Waals surface area contributed by atoms with Crippen molar-refractivity contribution in [1.29, 1.82) is 0 Å². The Morgan fingerprint density at radius 1 is 0.500 bits per heavy atom. The van der Waals surface area contributed by atoms with Crippen molar-refractivity contribution < 1.29 is 19.8 Å². The lowest BCUT2D eigenvalue weighted by Gasteiger charge is -2.09. The summed E-state index contributed by atoms with van der Waals surface area (Å²) >= 11 is 0. The molecule has 0 fully saturated rings. The number of nitrogens with zero attached hydrogens (tertiary/aromatic N) is 2. The van der Waals surface area contributed by atoms with E-state index in [0.29, 0.717) is 22.5 Å². The smallest absolute Gasteiger partial charge is 0.355 e. The van der Waals surface area contributed by atoms with Crippen molar-refractivity contribution >= 4 is 56.3 Å². The molecule has 0 aliphatic rings. The molecule has 0 unspecified atom stereocenters. The van der Waals surface area contributed by atoms with E-state index < -0.39 is 11.9 Å². The van der Waals surface area contributed by atoms with Gasteiger partial charge in [0, 0.05) is 20.9 Å². The van der Waals surface area contributed by atoms with Gasteiger partial charge in [0.2, 0.25) is 0 Å². The molecule has 0 saturated carbocycles. The van der Waals surface area contributed by atoms with Crippen LogP contribution in [0, 0.1) is 0 Å². The van der Waals surface area contributed by atoms with E-state index in [0.717, 1.165) is 9.79 Å². The third kappa shape index (κ3) is 6.29. The number of hydrogen-bond donors (Lipinski definition) is 2. The molecule has 0 aliphatic carbocycles. The Kier molecular flexibility index (Phi) is 8.33. The summed E-state index contributed by atoms with van der Waals surface area (Å²) in [5.41, 5.74) is 1.97. The molecule has 36 heavy (non-hydrogen) atoms. The summed E-state index contributed by atoms with van der Waals surface area (Å²) in [5.74, 6) is -2.23. The molecule has 0 heterocycles. The second kappa shape index (κ2) is 12.0. The van der Waals surface area contributed by atoms with Gasteiger partial charge in [0.1, 0.15) is 0 Å². The topological polar surface area (TPSA) is 99.3 Å². The molecule has 4 rings (SSSR count). The third-order valence-electron chi connectivity index (χ3n) is 4.92.